The summed E-state index contributed by atoms with van der Waals surface area (Å²) in [7, 11) is 0. The molecule has 4 nitrogen and oxygen atoms in total. The molecule has 0 saturated carbocycles. The summed E-state index contributed by atoms with van der Waals surface area (Å²) in [5.74, 6) is -0.0970. The first kappa shape index (κ1) is 13.2. The highest BCUT2D eigenvalue weighted by Crippen LogP contribution is 2.16. The van der Waals surface area contributed by atoms with Gasteiger partial charge in [-0.2, -0.15) is 0 Å². The molecule has 2 rings (SSSR count). The molecule has 0 bridgehead atoms. The van der Waals surface area contributed by atoms with Crippen molar-refractivity contribution in [3.8, 4) is 0 Å². The highest BCUT2D eigenvalue weighted by molar-refractivity contribution is 6.04. The zero-order valence-corrected chi connectivity index (χ0v) is 10.7. The van der Waals surface area contributed by atoms with E-state index in [-0.39, 0.29) is 5.91 Å². The van der Waals surface area contributed by atoms with Gasteiger partial charge in [0.25, 0.3) is 5.91 Å². The lowest BCUT2D eigenvalue weighted by Crippen LogP contribution is -2.33. The van der Waals surface area contributed by atoms with Gasteiger partial charge in [-0.25, -0.2) is 0 Å². The van der Waals surface area contributed by atoms with Crippen molar-refractivity contribution in [2.45, 2.75) is 6.42 Å². The summed E-state index contributed by atoms with van der Waals surface area (Å²) in [6.45, 7) is 1.15. The molecule has 4 heteroatoms. The number of aromatic nitrogens is 1. The minimum atomic E-state index is -0.0970. The summed E-state index contributed by atoms with van der Waals surface area (Å²) < 4.78 is 0. The number of para-hydroxylation sites is 1. The van der Waals surface area contributed by atoms with Crippen molar-refractivity contribution in [3.05, 3.63) is 60.4 Å². The summed E-state index contributed by atoms with van der Waals surface area (Å²) in [6, 6.07) is 14.9. The first-order chi connectivity index (χ1) is 9.33. The third kappa shape index (κ3) is 3.39. The molecule has 0 atom stereocenters. The van der Waals surface area contributed by atoms with Crippen molar-refractivity contribution in [3.63, 3.8) is 0 Å². The Hall–Kier alpha value is -2.20. The molecule has 0 aliphatic carbocycles. The second kappa shape index (κ2) is 6.66. The molecule has 0 unspecified atom stereocenters. The SMILES string of the molecule is NCCCN(C(=O)c1ccccn1)c1ccccc1. The van der Waals surface area contributed by atoms with Gasteiger partial charge < -0.3 is 10.6 Å². The topological polar surface area (TPSA) is 59.2 Å². The lowest BCUT2D eigenvalue weighted by Gasteiger charge is -2.22. The number of nitrogens with two attached hydrogens (primary N) is 1. The monoisotopic (exact) mass is 255 g/mol. The molecule has 0 saturated heterocycles. The van der Waals surface area contributed by atoms with Gasteiger partial charge in [0.1, 0.15) is 5.69 Å². The van der Waals surface area contributed by atoms with Crippen LogP contribution < -0.4 is 10.6 Å². The third-order valence-electron chi connectivity index (χ3n) is 2.78. The molecule has 0 aliphatic rings. The van der Waals surface area contributed by atoms with E-state index in [1.54, 1.807) is 23.2 Å². The second-order valence-electron chi connectivity index (χ2n) is 4.15. The first-order valence-electron chi connectivity index (χ1n) is 6.31. The maximum Gasteiger partial charge on any atom is 0.276 e. The molecule has 0 spiro atoms. The van der Waals surface area contributed by atoms with Crippen molar-refractivity contribution >= 4 is 11.6 Å². The number of pyridine rings is 1. The van der Waals surface area contributed by atoms with E-state index >= 15 is 0 Å². The Morgan fingerprint density at radius 3 is 2.47 bits per heavy atom. The predicted octanol–water partition coefficient (Wildman–Crippen LogP) is 2.08. The van der Waals surface area contributed by atoms with Gasteiger partial charge in [-0.05, 0) is 37.2 Å². The van der Waals surface area contributed by atoms with Gasteiger partial charge in [0, 0.05) is 18.4 Å². The standard InChI is InChI=1S/C15H17N3O/c16-10-6-12-18(13-7-2-1-3-8-13)15(19)14-9-4-5-11-17-14/h1-5,7-9,11H,6,10,12,16H2. The number of hydrogen-bond acceptors (Lipinski definition) is 3. The number of hydrogen-bond donors (Lipinski definition) is 1. The van der Waals surface area contributed by atoms with Crippen molar-refractivity contribution in [1.29, 1.82) is 0 Å². The molecule has 2 aromatic rings. The molecule has 0 aliphatic heterocycles. The Balaban J connectivity index is 2.25. The Bertz CT molecular complexity index is 513. The maximum atomic E-state index is 12.5. The number of rotatable bonds is 5. The number of nitrogens with zero attached hydrogens (tertiary/aromatic N) is 2. The van der Waals surface area contributed by atoms with Crippen LogP contribution in [0.4, 0.5) is 5.69 Å². The van der Waals surface area contributed by atoms with Crippen molar-refractivity contribution in [2.75, 3.05) is 18.0 Å². The minimum absolute atomic E-state index is 0.0970. The summed E-state index contributed by atoms with van der Waals surface area (Å²) in [5.41, 5.74) is 6.85. The zero-order chi connectivity index (χ0) is 13.5. The smallest absolute Gasteiger partial charge is 0.276 e. The molecular formula is C15H17N3O. The fraction of sp³-hybridized carbons (Fsp3) is 0.200. The van der Waals surface area contributed by atoms with Gasteiger partial charge >= 0.3 is 0 Å². The Morgan fingerprint density at radius 1 is 1.11 bits per heavy atom. The van der Waals surface area contributed by atoms with Gasteiger partial charge in [-0.1, -0.05) is 24.3 Å². The van der Waals surface area contributed by atoms with Gasteiger partial charge in [0.15, 0.2) is 0 Å². The van der Waals surface area contributed by atoms with Crippen LogP contribution in [0.3, 0.4) is 0 Å². The van der Waals surface area contributed by atoms with E-state index in [0.717, 1.165) is 12.1 Å². The minimum Gasteiger partial charge on any atom is -0.330 e. The number of benzene rings is 1. The molecule has 1 aromatic heterocycles. The van der Waals surface area contributed by atoms with E-state index in [2.05, 4.69) is 4.98 Å². The van der Waals surface area contributed by atoms with Gasteiger partial charge in [0.2, 0.25) is 0 Å². The number of amides is 1. The van der Waals surface area contributed by atoms with Gasteiger partial charge in [0.05, 0.1) is 0 Å². The van der Waals surface area contributed by atoms with E-state index in [0.29, 0.717) is 18.8 Å². The first-order valence-corrected chi connectivity index (χ1v) is 6.31. The van der Waals surface area contributed by atoms with Crippen LogP contribution >= 0.6 is 0 Å². The Morgan fingerprint density at radius 2 is 1.84 bits per heavy atom. The highest BCUT2D eigenvalue weighted by Gasteiger charge is 2.17. The summed E-state index contributed by atoms with van der Waals surface area (Å²) in [5, 5.41) is 0. The van der Waals surface area contributed by atoms with Gasteiger partial charge in [-0.15, -0.1) is 0 Å². The van der Waals surface area contributed by atoms with Crippen molar-refractivity contribution < 1.29 is 4.79 Å². The van der Waals surface area contributed by atoms with Crippen molar-refractivity contribution in [1.82, 2.24) is 4.98 Å². The van der Waals surface area contributed by atoms with E-state index in [1.165, 1.54) is 0 Å². The Kier molecular flexibility index (Phi) is 4.64. The van der Waals surface area contributed by atoms with Crippen LogP contribution in [0.25, 0.3) is 0 Å². The molecule has 1 aromatic carbocycles. The van der Waals surface area contributed by atoms with Gasteiger partial charge in [-0.3, -0.25) is 9.78 Å². The predicted molar refractivity (Wildman–Crippen MR) is 76.0 cm³/mol. The number of anilines is 1. The van der Waals surface area contributed by atoms with Crippen LogP contribution in [0, 0.1) is 0 Å². The largest absolute Gasteiger partial charge is 0.330 e. The summed E-state index contributed by atoms with van der Waals surface area (Å²) in [6.07, 6.45) is 2.38. The maximum absolute atomic E-state index is 12.5. The molecule has 98 valence electrons. The highest BCUT2D eigenvalue weighted by atomic mass is 16.2. The molecule has 0 radical (unpaired) electrons. The average molecular weight is 255 g/mol. The van der Waals surface area contributed by atoms with E-state index in [1.807, 2.05) is 36.4 Å². The van der Waals surface area contributed by atoms with E-state index < -0.39 is 0 Å². The lowest BCUT2D eigenvalue weighted by molar-refractivity contribution is 0.0982. The molecule has 1 amide bonds. The van der Waals surface area contributed by atoms with Crippen LogP contribution in [-0.4, -0.2) is 24.0 Å². The van der Waals surface area contributed by atoms with Crippen molar-refractivity contribution in [2.24, 2.45) is 5.73 Å². The number of carbonyl (C=O) groups excluding carboxylic acids is 1. The van der Waals surface area contributed by atoms with Crippen LogP contribution in [0.1, 0.15) is 16.9 Å². The van der Waals surface area contributed by atoms with E-state index in [4.69, 9.17) is 5.73 Å². The van der Waals surface area contributed by atoms with E-state index in [9.17, 15) is 4.79 Å². The zero-order valence-electron chi connectivity index (χ0n) is 10.7. The third-order valence-corrected chi connectivity index (χ3v) is 2.78. The second-order valence-corrected chi connectivity index (χ2v) is 4.15. The summed E-state index contributed by atoms with van der Waals surface area (Å²) in [4.78, 5) is 18.3. The average Bonchev–Trinajstić information content (AvgIpc) is 2.49. The van der Waals surface area contributed by atoms with Crippen LogP contribution in [0.5, 0.6) is 0 Å². The normalized spacial score (nSPS) is 10.2. The van der Waals surface area contributed by atoms with Crippen LogP contribution in [0.2, 0.25) is 0 Å². The number of carbonyl (C=O) groups is 1. The van der Waals surface area contributed by atoms with Crippen LogP contribution in [0.15, 0.2) is 54.7 Å². The molecular weight excluding hydrogens is 238 g/mol. The quantitative estimate of drug-likeness (QED) is 0.889. The molecule has 1 heterocycles. The fourth-order valence-electron chi connectivity index (χ4n) is 1.83. The fourth-order valence-corrected chi connectivity index (χ4v) is 1.83. The molecule has 19 heavy (non-hydrogen) atoms. The lowest BCUT2D eigenvalue weighted by atomic mass is 10.2. The van der Waals surface area contributed by atoms with Crippen LogP contribution in [-0.2, 0) is 0 Å². The Labute approximate surface area is 112 Å². The molecule has 2 N–H and O–H groups in total. The molecule has 0 fully saturated rings. The summed E-state index contributed by atoms with van der Waals surface area (Å²) >= 11 is 0.